The van der Waals surface area contributed by atoms with Crippen LogP contribution in [0.3, 0.4) is 0 Å². The van der Waals surface area contributed by atoms with Gasteiger partial charge in [0.1, 0.15) is 0 Å². The summed E-state index contributed by atoms with van der Waals surface area (Å²) >= 11 is 0. The van der Waals surface area contributed by atoms with Crippen LogP contribution < -0.4 is 5.73 Å². The summed E-state index contributed by atoms with van der Waals surface area (Å²) in [4.78, 5) is 0. The molecule has 1 aliphatic rings. The molecule has 1 aliphatic carbocycles. The predicted molar refractivity (Wildman–Crippen MR) is 85.4 cm³/mol. The summed E-state index contributed by atoms with van der Waals surface area (Å²) in [7, 11) is 0. The molecule has 0 amide bonds. The monoisotopic (exact) mass is 263 g/mol. The van der Waals surface area contributed by atoms with E-state index in [1.165, 1.54) is 27.8 Å². The zero-order valence-electron chi connectivity index (χ0n) is 12.0. The van der Waals surface area contributed by atoms with Gasteiger partial charge in [-0.1, -0.05) is 54.1 Å². The number of hydrogen-bond acceptors (Lipinski definition) is 1. The molecule has 102 valence electrons. The first-order valence-electron chi connectivity index (χ1n) is 7.35. The van der Waals surface area contributed by atoms with E-state index in [2.05, 4.69) is 55.5 Å². The van der Waals surface area contributed by atoms with Gasteiger partial charge in [0, 0.05) is 11.3 Å². The molecule has 1 nitrogen and oxygen atoms in total. The quantitative estimate of drug-likeness (QED) is 0.880. The Kier molecular flexibility index (Phi) is 3.60. The maximum atomic E-state index is 6.38. The number of nitrogens with two attached hydrogens (primary N) is 1. The van der Waals surface area contributed by atoms with Crippen LogP contribution in [-0.4, -0.2) is 0 Å². The molecule has 0 saturated heterocycles. The zero-order chi connectivity index (χ0) is 13.9. The van der Waals surface area contributed by atoms with Crippen LogP contribution in [0.2, 0.25) is 0 Å². The molecule has 3 rings (SSSR count). The summed E-state index contributed by atoms with van der Waals surface area (Å²) in [5, 5.41) is 0. The molecule has 0 fully saturated rings. The number of benzene rings is 2. The lowest BCUT2D eigenvalue weighted by Gasteiger charge is -2.21. The van der Waals surface area contributed by atoms with Crippen LogP contribution in [0.5, 0.6) is 0 Å². The standard InChI is InChI=1S/C19H21N/c1-14-7-12-18-17(13-14)11-10-16(19(18)20)9-8-15-5-3-2-4-6-15/h2-7,12-13H,8-11,20H2,1H3. The van der Waals surface area contributed by atoms with Crippen LogP contribution in [0.15, 0.2) is 54.1 Å². The Labute approximate surface area is 121 Å². The van der Waals surface area contributed by atoms with E-state index in [0.717, 1.165) is 31.4 Å². The largest absolute Gasteiger partial charge is 0.398 e. The van der Waals surface area contributed by atoms with E-state index in [1.54, 1.807) is 0 Å². The van der Waals surface area contributed by atoms with Crippen molar-refractivity contribution in [3.8, 4) is 0 Å². The van der Waals surface area contributed by atoms with Crippen molar-refractivity contribution in [2.45, 2.75) is 32.6 Å². The van der Waals surface area contributed by atoms with Gasteiger partial charge in [-0.15, -0.1) is 0 Å². The number of allylic oxidation sites excluding steroid dienone is 1. The van der Waals surface area contributed by atoms with E-state index >= 15 is 0 Å². The van der Waals surface area contributed by atoms with Crippen LogP contribution in [0, 0.1) is 6.92 Å². The highest BCUT2D eigenvalue weighted by Crippen LogP contribution is 2.31. The number of fused-ring (bicyclic) bond motifs is 1. The molecule has 2 N–H and O–H groups in total. The van der Waals surface area contributed by atoms with Gasteiger partial charge in [0.05, 0.1) is 0 Å². The summed E-state index contributed by atoms with van der Waals surface area (Å²) < 4.78 is 0. The minimum Gasteiger partial charge on any atom is -0.398 e. The second-order valence-electron chi connectivity index (χ2n) is 5.66. The second-order valence-corrected chi connectivity index (χ2v) is 5.66. The van der Waals surface area contributed by atoms with Crippen LogP contribution in [-0.2, 0) is 12.8 Å². The minimum absolute atomic E-state index is 1.02. The molecule has 2 aromatic rings. The lowest BCUT2D eigenvalue weighted by molar-refractivity contribution is 0.818. The third kappa shape index (κ3) is 2.62. The third-order valence-electron chi connectivity index (χ3n) is 4.19. The molecule has 0 spiro atoms. The first-order valence-corrected chi connectivity index (χ1v) is 7.35. The van der Waals surface area contributed by atoms with Crippen LogP contribution in [0.4, 0.5) is 0 Å². The lowest BCUT2D eigenvalue weighted by Crippen LogP contribution is -2.12. The second kappa shape index (κ2) is 5.54. The van der Waals surface area contributed by atoms with Gasteiger partial charge in [0.25, 0.3) is 0 Å². The van der Waals surface area contributed by atoms with Gasteiger partial charge in [-0.3, -0.25) is 0 Å². The van der Waals surface area contributed by atoms with Gasteiger partial charge in [0.15, 0.2) is 0 Å². The molecular weight excluding hydrogens is 242 g/mol. The van der Waals surface area contributed by atoms with Crippen LogP contribution in [0.1, 0.15) is 35.1 Å². The van der Waals surface area contributed by atoms with Crippen molar-refractivity contribution in [3.63, 3.8) is 0 Å². The van der Waals surface area contributed by atoms with Crippen molar-refractivity contribution in [1.29, 1.82) is 0 Å². The number of hydrogen-bond donors (Lipinski definition) is 1. The van der Waals surface area contributed by atoms with Crippen LogP contribution in [0.25, 0.3) is 5.70 Å². The van der Waals surface area contributed by atoms with Gasteiger partial charge in [-0.25, -0.2) is 0 Å². The summed E-state index contributed by atoms with van der Waals surface area (Å²) in [5.41, 5.74) is 14.2. The number of rotatable bonds is 3. The maximum Gasteiger partial charge on any atom is 0.0382 e. The van der Waals surface area contributed by atoms with Crippen LogP contribution >= 0.6 is 0 Å². The topological polar surface area (TPSA) is 26.0 Å². The van der Waals surface area contributed by atoms with E-state index in [9.17, 15) is 0 Å². The smallest absolute Gasteiger partial charge is 0.0382 e. The molecule has 1 heteroatoms. The van der Waals surface area contributed by atoms with Gasteiger partial charge < -0.3 is 5.73 Å². The summed E-state index contributed by atoms with van der Waals surface area (Å²) in [5.74, 6) is 0. The first-order chi connectivity index (χ1) is 9.74. The molecular formula is C19H21N. The molecule has 0 radical (unpaired) electrons. The van der Waals surface area contributed by atoms with E-state index in [0.29, 0.717) is 0 Å². The number of aryl methyl sites for hydroxylation is 3. The van der Waals surface area contributed by atoms with E-state index in [1.807, 2.05) is 0 Å². The summed E-state index contributed by atoms with van der Waals surface area (Å²) in [6.07, 6.45) is 4.39. The molecule has 0 unspecified atom stereocenters. The molecule has 0 aromatic heterocycles. The molecule has 2 aromatic carbocycles. The van der Waals surface area contributed by atoms with Crippen molar-refractivity contribution >= 4 is 5.70 Å². The van der Waals surface area contributed by atoms with Crippen molar-refractivity contribution in [1.82, 2.24) is 0 Å². The minimum atomic E-state index is 1.02. The van der Waals surface area contributed by atoms with Gasteiger partial charge >= 0.3 is 0 Å². The Morgan fingerprint density at radius 3 is 2.55 bits per heavy atom. The highest BCUT2D eigenvalue weighted by atomic mass is 14.6. The van der Waals surface area contributed by atoms with Crippen molar-refractivity contribution in [3.05, 3.63) is 76.4 Å². The summed E-state index contributed by atoms with van der Waals surface area (Å²) in [6.45, 7) is 2.14. The first kappa shape index (κ1) is 13.0. The highest BCUT2D eigenvalue weighted by Gasteiger charge is 2.16. The van der Waals surface area contributed by atoms with Crippen molar-refractivity contribution < 1.29 is 0 Å². The zero-order valence-corrected chi connectivity index (χ0v) is 12.0. The Morgan fingerprint density at radius 1 is 0.950 bits per heavy atom. The van der Waals surface area contributed by atoms with E-state index < -0.39 is 0 Å². The van der Waals surface area contributed by atoms with E-state index in [-0.39, 0.29) is 0 Å². The fraction of sp³-hybridized carbons (Fsp3) is 0.263. The van der Waals surface area contributed by atoms with Gasteiger partial charge in [0.2, 0.25) is 0 Å². The molecule has 0 aliphatic heterocycles. The molecule has 0 atom stereocenters. The average molecular weight is 263 g/mol. The molecule has 0 saturated carbocycles. The predicted octanol–water partition coefficient (Wildman–Crippen LogP) is 4.24. The maximum absolute atomic E-state index is 6.38. The normalized spacial score (nSPS) is 14.2. The fourth-order valence-electron chi connectivity index (χ4n) is 3.00. The van der Waals surface area contributed by atoms with E-state index in [4.69, 9.17) is 5.73 Å². The van der Waals surface area contributed by atoms with Gasteiger partial charge in [-0.2, -0.15) is 0 Å². The highest BCUT2D eigenvalue weighted by molar-refractivity contribution is 5.71. The Hall–Kier alpha value is -2.02. The third-order valence-corrected chi connectivity index (χ3v) is 4.19. The fourth-order valence-corrected chi connectivity index (χ4v) is 3.00. The Morgan fingerprint density at radius 2 is 1.75 bits per heavy atom. The Balaban J connectivity index is 1.80. The molecule has 0 heterocycles. The molecule has 0 bridgehead atoms. The van der Waals surface area contributed by atoms with Crippen molar-refractivity contribution in [2.24, 2.45) is 5.73 Å². The molecule has 20 heavy (non-hydrogen) atoms. The van der Waals surface area contributed by atoms with Crippen molar-refractivity contribution in [2.75, 3.05) is 0 Å². The Bertz CT molecular complexity index is 638. The lowest BCUT2D eigenvalue weighted by atomic mass is 9.86. The average Bonchev–Trinajstić information content (AvgIpc) is 2.47. The van der Waals surface area contributed by atoms with Gasteiger partial charge in [-0.05, 0) is 49.3 Å². The summed E-state index contributed by atoms with van der Waals surface area (Å²) in [6, 6.07) is 17.3. The SMILES string of the molecule is Cc1ccc2c(c1)CCC(CCc1ccccc1)=C2N.